The molecule has 0 radical (unpaired) electrons. The molecule has 0 spiro atoms. The Balaban J connectivity index is 2.01. The van der Waals surface area contributed by atoms with Crippen LogP contribution in [-0.2, 0) is 9.31 Å². The molecule has 0 aromatic heterocycles. The lowest BCUT2D eigenvalue weighted by Gasteiger charge is -2.32. The van der Waals surface area contributed by atoms with Crippen molar-refractivity contribution in [1.82, 2.24) is 0 Å². The maximum atomic E-state index is 6.08. The summed E-state index contributed by atoms with van der Waals surface area (Å²) >= 11 is 0. The second-order valence-corrected chi connectivity index (χ2v) is 6.46. The summed E-state index contributed by atoms with van der Waals surface area (Å²) < 4.78 is 12.2. The monoisotopic (exact) mass is 257 g/mol. The van der Waals surface area contributed by atoms with E-state index < -0.39 is 0 Å². The summed E-state index contributed by atoms with van der Waals surface area (Å²) in [6.07, 6.45) is 0. The highest BCUT2D eigenvalue weighted by Gasteiger charge is 2.51. The summed E-state index contributed by atoms with van der Waals surface area (Å²) in [6.45, 7) is 11.2. The van der Waals surface area contributed by atoms with Crippen LogP contribution in [0.4, 0.5) is 0 Å². The molecule has 0 atom stereocenters. The molecule has 0 aliphatic carbocycles. The summed E-state index contributed by atoms with van der Waals surface area (Å²) in [7, 11) is -0.288. The van der Waals surface area contributed by atoms with Crippen molar-refractivity contribution in [2.45, 2.75) is 45.8 Å². The minimum atomic E-state index is -0.292. The Kier molecular flexibility index (Phi) is 2.67. The summed E-state index contributed by atoms with van der Waals surface area (Å²) in [5, 5.41) is 2.31. The van der Waals surface area contributed by atoms with Gasteiger partial charge in [-0.2, -0.15) is 0 Å². The molecule has 19 heavy (non-hydrogen) atoms. The quantitative estimate of drug-likeness (QED) is 0.696. The Hall–Kier alpha value is -1.13. The first-order valence-electron chi connectivity index (χ1n) is 6.80. The third-order valence-corrected chi connectivity index (χ3v) is 4.49. The SMILES string of the molecule is CC1=c2cc(B3OC(C)(C)C(C)(C)O3)ccc2=NC1. The molecule has 0 N–H and O–H groups in total. The zero-order valence-electron chi connectivity index (χ0n) is 12.3. The smallest absolute Gasteiger partial charge is 0.399 e. The molecular formula is C15H20BNO2. The standard InChI is InChI=1S/C15H20BNO2/c1-10-9-17-13-7-6-11(8-12(10)13)16-18-14(2,3)15(4,5)19-16/h6-8H,9H2,1-5H3. The van der Waals surface area contributed by atoms with E-state index in [1.165, 1.54) is 10.8 Å². The highest BCUT2D eigenvalue weighted by molar-refractivity contribution is 6.62. The molecule has 2 aliphatic heterocycles. The molecule has 4 heteroatoms. The molecule has 1 fully saturated rings. The number of hydrogen-bond acceptors (Lipinski definition) is 3. The van der Waals surface area contributed by atoms with Gasteiger partial charge in [0, 0.05) is 5.22 Å². The Labute approximate surface area is 114 Å². The van der Waals surface area contributed by atoms with Crippen molar-refractivity contribution in [2.24, 2.45) is 4.99 Å². The molecule has 3 nitrogen and oxygen atoms in total. The van der Waals surface area contributed by atoms with E-state index in [4.69, 9.17) is 9.31 Å². The Morgan fingerprint density at radius 1 is 1.11 bits per heavy atom. The fourth-order valence-corrected chi connectivity index (χ4v) is 2.45. The molecule has 1 saturated heterocycles. The van der Waals surface area contributed by atoms with Crippen LogP contribution in [0.15, 0.2) is 23.2 Å². The van der Waals surface area contributed by atoms with Crippen LogP contribution in [0.25, 0.3) is 5.57 Å². The van der Waals surface area contributed by atoms with E-state index in [0.29, 0.717) is 0 Å². The van der Waals surface area contributed by atoms with Gasteiger partial charge in [-0.15, -0.1) is 0 Å². The molecule has 1 aromatic rings. The van der Waals surface area contributed by atoms with E-state index in [1.54, 1.807) is 0 Å². The van der Waals surface area contributed by atoms with Gasteiger partial charge in [-0.1, -0.05) is 12.1 Å². The first-order valence-corrected chi connectivity index (χ1v) is 6.80. The molecule has 0 unspecified atom stereocenters. The first kappa shape index (κ1) is 12.9. The van der Waals surface area contributed by atoms with Gasteiger partial charge in [-0.25, -0.2) is 0 Å². The maximum absolute atomic E-state index is 6.08. The highest BCUT2D eigenvalue weighted by Crippen LogP contribution is 2.36. The van der Waals surface area contributed by atoms with Crippen LogP contribution in [0.1, 0.15) is 34.6 Å². The van der Waals surface area contributed by atoms with Gasteiger partial charge in [0.05, 0.1) is 23.1 Å². The topological polar surface area (TPSA) is 30.8 Å². The minimum absolute atomic E-state index is 0.288. The van der Waals surface area contributed by atoms with Gasteiger partial charge in [0.15, 0.2) is 0 Å². The Bertz CT molecular complexity index is 633. The predicted molar refractivity (Wildman–Crippen MR) is 76.9 cm³/mol. The van der Waals surface area contributed by atoms with E-state index in [1.807, 2.05) is 0 Å². The van der Waals surface area contributed by atoms with Gasteiger partial charge in [0.2, 0.25) is 0 Å². The van der Waals surface area contributed by atoms with E-state index in [0.717, 1.165) is 17.4 Å². The van der Waals surface area contributed by atoms with E-state index in [2.05, 4.69) is 57.8 Å². The number of rotatable bonds is 1. The fourth-order valence-electron chi connectivity index (χ4n) is 2.45. The Morgan fingerprint density at radius 3 is 2.37 bits per heavy atom. The van der Waals surface area contributed by atoms with Gasteiger partial charge in [-0.3, -0.25) is 4.99 Å². The summed E-state index contributed by atoms with van der Waals surface area (Å²) in [5.74, 6) is 0. The fraction of sp³-hybridized carbons (Fsp3) is 0.533. The van der Waals surface area contributed by atoms with Crippen molar-refractivity contribution in [3.63, 3.8) is 0 Å². The molecule has 100 valence electrons. The molecule has 2 aliphatic rings. The summed E-state index contributed by atoms with van der Waals surface area (Å²) in [4.78, 5) is 4.49. The molecule has 3 rings (SSSR count). The number of benzene rings is 1. The van der Waals surface area contributed by atoms with Crippen LogP contribution < -0.4 is 16.0 Å². The van der Waals surface area contributed by atoms with Crippen LogP contribution in [0.2, 0.25) is 0 Å². The van der Waals surface area contributed by atoms with Gasteiger partial charge in [0.25, 0.3) is 0 Å². The van der Waals surface area contributed by atoms with Crippen molar-refractivity contribution in [1.29, 1.82) is 0 Å². The third kappa shape index (κ3) is 1.94. The molecular weight excluding hydrogens is 237 g/mol. The van der Waals surface area contributed by atoms with Crippen molar-refractivity contribution < 1.29 is 9.31 Å². The maximum Gasteiger partial charge on any atom is 0.494 e. The highest BCUT2D eigenvalue weighted by atomic mass is 16.7. The van der Waals surface area contributed by atoms with Crippen molar-refractivity contribution >= 4 is 18.2 Å². The van der Waals surface area contributed by atoms with Crippen molar-refractivity contribution in [3.05, 3.63) is 28.8 Å². The normalized spacial score (nSPS) is 23.4. The molecule has 2 heterocycles. The van der Waals surface area contributed by atoms with Crippen molar-refractivity contribution in [2.75, 3.05) is 6.54 Å². The molecule has 0 saturated carbocycles. The molecule has 0 amide bonds. The van der Waals surface area contributed by atoms with Crippen LogP contribution in [0.5, 0.6) is 0 Å². The third-order valence-electron chi connectivity index (χ3n) is 4.49. The lowest BCUT2D eigenvalue weighted by atomic mass is 9.79. The van der Waals surface area contributed by atoms with Crippen LogP contribution in [0, 0.1) is 0 Å². The molecule has 1 aromatic carbocycles. The summed E-state index contributed by atoms with van der Waals surface area (Å²) in [6, 6.07) is 6.28. The van der Waals surface area contributed by atoms with Crippen LogP contribution >= 0.6 is 0 Å². The average Bonchev–Trinajstić information content (AvgIpc) is 2.78. The van der Waals surface area contributed by atoms with Gasteiger partial charge < -0.3 is 9.31 Å². The predicted octanol–water partition coefficient (Wildman–Crippen LogP) is 0.790. The Morgan fingerprint density at radius 2 is 1.74 bits per heavy atom. The number of fused-ring (bicyclic) bond motifs is 1. The zero-order chi connectivity index (χ0) is 13.8. The first-order chi connectivity index (χ1) is 8.80. The second-order valence-electron chi connectivity index (χ2n) is 6.46. The van der Waals surface area contributed by atoms with Crippen molar-refractivity contribution in [3.8, 4) is 0 Å². The van der Waals surface area contributed by atoms with Crippen LogP contribution in [0.3, 0.4) is 0 Å². The average molecular weight is 257 g/mol. The van der Waals surface area contributed by atoms with E-state index in [9.17, 15) is 0 Å². The van der Waals surface area contributed by atoms with Gasteiger partial charge in [0.1, 0.15) is 0 Å². The lowest BCUT2D eigenvalue weighted by molar-refractivity contribution is 0.00578. The van der Waals surface area contributed by atoms with Crippen LogP contribution in [-0.4, -0.2) is 24.9 Å². The number of nitrogens with zero attached hydrogens (tertiary/aromatic N) is 1. The lowest BCUT2D eigenvalue weighted by Crippen LogP contribution is -2.41. The largest absolute Gasteiger partial charge is 0.494 e. The van der Waals surface area contributed by atoms with E-state index >= 15 is 0 Å². The zero-order valence-corrected chi connectivity index (χ0v) is 12.3. The van der Waals surface area contributed by atoms with Gasteiger partial charge in [-0.05, 0) is 51.7 Å². The second kappa shape index (κ2) is 3.93. The van der Waals surface area contributed by atoms with E-state index in [-0.39, 0.29) is 18.3 Å². The minimum Gasteiger partial charge on any atom is -0.399 e. The summed E-state index contributed by atoms with van der Waals surface area (Å²) in [5.41, 5.74) is 1.81. The number of hydrogen-bond donors (Lipinski definition) is 0. The molecule has 0 bridgehead atoms. The van der Waals surface area contributed by atoms with Gasteiger partial charge >= 0.3 is 7.12 Å².